The van der Waals surface area contributed by atoms with E-state index < -0.39 is 0 Å². The number of fused-ring (bicyclic) bond motifs is 2. The number of benzene rings is 1. The molecular weight excluding hydrogens is 346 g/mol. The molecule has 1 aromatic carbocycles. The van der Waals surface area contributed by atoms with Gasteiger partial charge in [0.05, 0.1) is 32.5 Å². The third kappa shape index (κ3) is 3.86. The number of methoxy groups -OCH3 is 1. The van der Waals surface area contributed by atoms with E-state index in [1.165, 1.54) is 12.8 Å². The largest absolute Gasteiger partial charge is 0.496 e. The molecule has 0 spiro atoms. The highest BCUT2D eigenvalue weighted by Crippen LogP contribution is 2.46. The molecule has 0 radical (unpaired) electrons. The van der Waals surface area contributed by atoms with E-state index in [-0.39, 0.29) is 24.2 Å². The van der Waals surface area contributed by atoms with Crippen LogP contribution in [0, 0.1) is 5.92 Å². The van der Waals surface area contributed by atoms with Crippen LogP contribution in [0.15, 0.2) is 12.1 Å². The van der Waals surface area contributed by atoms with E-state index in [0.717, 1.165) is 48.5 Å². The fourth-order valence-corrected chi connectivity index (χ4v) is 4.69. The molecule has 1 saturated carbocycles. The van der Waals surface area contributed by atoms with Crippen LogP contribution in [0.4, 0.5) is 0 Å². The van der Waals surface area contributed by atoms with Crippen LogP contribution in [-0.4, -0.2) is 38.4 Å². The van der Waals surface area contributed by atoms with Crippen molar-refractivity contribution in [2.75, 3.05) is 20.3 Å². The molecule has 4 rings (SSSR count). The molecule has 1 aromatic rings. The van der Waals surface area contributed by atoms with Crippen LogP contribution in [-0.2, 0) is 9.53 Å². The van der Waals surface area contributed by atoms with Gasteiger partial charge in [-0.3, -0.25) is 4.79 Å². The Bertz CT molecular complexity index is 691. The Kier molecular flexibility index (Phi) is 5.43. The van der Waals surface area contributed by atoms with Crippen LogP contribution in [0.1, 0.15) is 57.1 Å². The fraction of sp³-hybridized carbons (Fsp3) is 0.667. The maximum Gasteiger partial charge on any atom is 0.217 e. The minimum atomic E-state index is -0.131. The third-order valence-electron chi connectivity index (χ3n) is 5.91. The molecule has 148 valence electrons. The molecule has 6 nitrogen and oxygen atoms in total. The molecule has 4 atom stereocenters. The molecule has 2 aliphatic heterocycles. The molecule has 1 N–H and O–H groups in total. The van der Waals surface area contributed by atoms with Gasteiger partial charge in [0.1, 0.15) is 5.75 Å². The number of amides is 1. The quantitative estimate of drug-likeness (QED) is 0.877. The second kappa shape index (κ2) is 7.97. The first-order valence-electron chi connectivity index (χ1n) is 10.1. The summed E-state index contributed by atoms with van der Waals surface area (Å²) >= 11 is 0. The molecule has 0 bridgehead atoms. The zero-order chi connectivity index (χ0) is 18.8. The van der Waals surface area contributed by atoms with Gasteiger partial charge in [0.25, 0.3) is 0 Å². The SMILES string of the molecule is COc1cc2c(cc1[C@H]1C[C@@H](NC(C)=O)[C@@H]3CCCC[C@H]3O1)OCCCO2. The van der Waals surface area contributed by atoms with E-state index in [2.05, 4.69) is 5.32 Å². The minimum absolute atomic E-state index is 0.0237. The van der Waals surface area contributed by atoms with Crippen molar-refractivity contribution in [1.82, 2.24) is 5.32 Å². The number of carbonyl (C=O) groups is 1. The van der Waals surface area contributed by atoms with Crippen molar-refractivity contribution in [1.29, 1.82) is 0 Å². The van der Waals surface area contributed by atoms with Crippen molar-refractivity contribution >= 4 is 5.91 Å². The monoisotopic (exact) mass is 375 g/mol. The lowest BCUT2D eigenvalue weighted by atomic mass is 9.76. The van der Waals surface area contributed by atoms with Gasteiger partial charge in [-0.25, -0.2) is 0 Å². The van der Waals surface area contributed by atoms with Gasteiger partial charge in [0.2, 0.25) is 5.91 Å². The highest BCUT2D eigenvalue weighted by atomic mass is 16.5. The molecule has 3 aliphatic rings. The van der Waals surface area contributed by atoms with Gasteiger partial charge in [0, 0.05) is 36.9 Å². The van der Waals surface area contributed by atoms with E-state index >= 15 is 0 Å². The summed E-state index contributed by atoms with van der Waals surface area (Å²) in [6.45, 7) is 2.88. The Balaban J connectivity index is 1.65. The van der Waals surface area contributed by atoms with Crippen molar-refractivity contribution in [3.05, 3.63) is 17.7 Å². The maximum absolute atomic E-state index is 11.8. The Morgan fingerprint density at radius 1 is 1.11 bits per heavy atom. The van der Waals surface area contributed by atoms with E-state index in [0.29, 0.717) is 19.1 Å². The molecule has 6 heteroatoms. The molecule has 1 amide bonds. The van der Waals surface area contributed by atoms with Gasteiger partial charge in [-0.05, 0) is 25.3 Å². The number of ether oxygens (including phenoxy) is 4. The average molecular weight is 375 g/mol. The van der Waals surface area contributed by atoms with E-state index in [1.807, 2.05) is 12.1 Å². The lowest BCUT2D eigenvalue weighted by molar-refractivity contribution is -0.131. The molecule has 1 aliphatic carbocycles. The first-order chi connectivity index (χ1) is 13.2. The molecule has 2 fully saturated rings. The van der Waals surface area contributed by atoms with Crippen LogP contribution < -0.4 is 19.5 Å². The minimum Gasteiger partial charge on any atom is -0.496 e. The van der Waals surface area contributed by atoms with Crippen LogP contribution in [0.2, 0.25) is 0 Å². The Labute approximate surface area is 160 Å². The molecule has 2 heterocycles. The standard InChI is InChI=1S/C21H29NO5/c1-13(23)22-16-11-19(27-17-7-4-3-6-14(16)17)15-10-20-21(12-18(15)24-2)26-9-5-8-25-20/h10,12,14,16-17,19H,3-9,11H2,1-2H3,(H,22,23)/t14-,16+,17+,19+/m0/s1. The molecule has 0 unspecified atom stereocenters. The topological polar surface area (TPSA) is 66.0 Å². The smallest absolute Gasteiger partial charge is 0.217 e. The zero-order valence-electron chi connectivity index (χ0n) is 16.2. The highest BCUT2D eigenvalue weighted by molar-refractivity contribution is 5.73. The molecule has 1 saturated heterocycles. The number of rotatable bonds is 3. The normalized spacial score (nSPS) is 30.0. The van der Waals surface area contributed by atoms with E-state index in [4.69, 9.17) is 18.9 Å². The average Bonchev–Trinajstić information content (AvgIpc) is 2.91. The fourth-order valence-electron chi connectivity index (χ4n) is 4.69. The molecule has 27 heavy (non-hydrogen) atoms. The van der Waals surface area contributed by atoms with Crippen molar-refractivity contribution in [3.8, 4) is 17.2 Å². The van der Waals surface area contributed by atoms with Crippen LogP contribution in [0.3, 0.4) is 0 Å². The number of carbonyl (C=O) groups excluding carboxylic acids is 1. The van der Waals surface area contributed by atoms with E-state index in [1.54, 1.807) is 14.0 Å². The summed E-state index contributed by atoms with van der Waals surface area (Å²) in [7, 11) is 1.67. The summed E-state index contributed by atoms with van der Waals surface area (Å²) in [6, 6.07) is 4.03. The summed E-state index contributed by atoms with van der Waals surface area (Å²) in [5.74, 6) is 2.63. The van der Waals surface area contributed by atoms with Gasteiger partial charge in [0.15, 0.2) is 11.5 Å². The Morgan fingerprint density at radius 2 is 1.85 bits per heavy atom. The van der Waals surface area contributed by atoms with Gasteiger partial charge < -0.3 is 24.3 Å². The summed E-state index contributed by atoms with van der Waals surface area (Å²) in [6.07, 6.45) is 6.20. The first kappa shape index (κ1) is 18.4. The van der Waals surface area contributed by atoms with Crippen LogP contribution >= 0.6 is 0 Å². The van der Waals surface area contributed by atoms with Crippen LogP contribution in [0.25, 0.3) is 0 Å². The summed E-state index contributed by atoms with van der Waals surface area (Å²) in [4.78, 5) is 11.8. The predicted octanol–water partition coefficient (Wildman–Crippen LogP) is 3.38. The number of hydrogen-bond donors (Lipinski definition) is 1. The van der Waals surface area contributed by atoms with Crippen LogP contribution in [0.5, 0.6) is 17.2 Å². The van der Waals surface area contributed by atoms with Crippen molar-refractivity contribution in [2.45, 2.75) is 63.7 Å². The number of hydrogen-bond acceptors (Lipinski definition) is 5. The Hall–Kier alpha value is -1.95. The van der Waals surface area contributed by atoms with Gasteiger partial charge >= 0.3 is 0 Å². The Morgan fingerprint density at radius 3 is 2.59 bits per heavy atom. The van der Waals surface area contributed by atoms with Gasteiger partial charge in [-0.15, -0.1) is 0 Å². The van der Waals surface area contributed by atoms with E-state index in [9.17, 15) is 4.79 Å². The first-order valence-corrected chi connectivity index (χ1v) is 10.1. The zero-order valence-corrected chi connectivity index (χ0v) is 16.2. The number of nitrogens with one attached hydrogen (secondary N) is 1. The van der Waals surface area contributed by atoms with Crippen molar-refractivity contribution in [2.24, 2.45) is 5.92 Å². The summed E-state index contributed by atoms with van der Waals surface area (Å²) < 4.78 is 23.8. The van der Waals surface area contributed by atoms with Gasteiger partial charge in [-0.1, -0.05) is 12.8 Å². The third-order valence-corrected chi connectivity index (χ3v) is 5.91. The predicted molar refractivity (Wildman–Crippen MR) is 100 cm³/mol. The van der Waals surface area contributed by atoms with Crippen molar-refractivity contribution < 1.29 is 23.7 Å². The maximum atomic E-state index is 11.8. The van der Waals surface area contributed by atoms with Crippen molar-refractivity contribution in [3.63, 3.8) is 0 Å². The highest BCUT2D eigenvalue weighted by Gasteiger charge is 2.41. The summed E-state index contributed by atoms with van der Waals surface area (Å²) in [5, 5.41) is 3.17. The second-order valence-corrected chi connectivity index (χ2v) is 7.75. The second-order valence-electron chi connectivity index (χ2n) is 7.75. The van der Waals surface area contributed by atoms with Gasteiger partial charge in [-0.2, -0.15) is 0 Å². The molecular formula is C21H29NO5. The lowest BCUT2D eigenvalue weighted by Gasteiger charge is -2.45. The lowest BCUT2D eigenvalue weighted by Crippen LogP contribution is -2.50. The molecule has 0 aromatic heterocycles. The summed E-state index contributed by atoms with van der Waals surface area (Å²) in [5.41, 5.74) is 0.973.